The molecule has 0 bridgehead atoms. The first-order valence-corrected chi connectivity index (χ1v) is 6.62. The van der Waals surface area contributed by atoms with E-state index in [2.05, 4.69) is 19.2 Å². The lowest BCUT2D eigenvalue weighted by molar-refractivity contribution is 0.557. The van der Waals surface area contributed by atoms with Crippen LogP contribution in [0.2, 0.25) is 0 Å². The zero-order chi connectivity index (χ0) is 10.5. The van der Waals surface area contributed by atoms with Gasteiger partial charge in [-0.25, -0.2) is 0 Å². The topological polar surface area (TPSA) is 12.0 Å². The summed E-state index contributed by atoms with van der Waals surface area (Å²) in [5.41, 5.74) is 0. The second-order valence-corrected chi connectivity index (χ2v) is 4.22. The molecule has 1 heteroatoms. The zero-order valence-electron chi connectivity index (χ0n) is 10.3. The summed E-state index contributed by atoms with van der Waals surface area (Å²) in [4.78, 5) is 0. The van der Waals surface area contributed by atoms with E-state index < -0.39 is 0 Å². The lowest BCUT2D eigenvalue weighted by atomic mass is 10.1. The van der Waals surface area contributed by atoms with E-state index in [4.69, 9.17) is 0 Å². The van der Waals surface area contributed by atoms with Gasteiger partial charge in [0.1, 0.15) is 0 Å². The predicted molar refractivity (Wildman–Crippen MR) is 65.8 cm³/mol. The predicted octanol–water partition coefficient (Wildman–Crippen LogP) is 4.13. The standard InChI is InChI=1S/C13H29N/c1-3-5-7-8-9-11-13-14-12-10-6-4-2/h14H,3-13H2,1-2H3. The molecular formula is C13H29N. The molecule has 0 amide bonds. The fourth-order valence-electron chi connectivity index (χ4n) is 1.66. The molecule has 0 heterocycles. The van der Waals surface area contributed by atoms with E-state index >= 15 is 0 Å². The van der Waals surface area contributed by atoms with Crippen LogP contribution >= 0.6 is 0 Å². The molecule has 0 aliphatic carbocycles. The van der Waals surface area contributed by atoms with Crippen molar-refractivity contribution in [1.29, 1.82) is 0 Å². The average molecular weight is 199 g/mol. The maximum atomic E-state index is 3.51. The Bertz CT molecular complexity index is 79.2. The van der Waals surface area contributed by atoms with Gasteiger partial charge < -0.3 is 5.32 Å². The summed E-state index contributed by atoms with van der Waals surface area (Å²) in [6.45, 7) is 6.99. The fraction of sp³-hybridized carbons (Fsp3) is 1.00. The Labute approximate surface area is 90.7 Å². The van der Waals surface area contributed by atoms with Crippen LogP contribution in [-0.2, 0) is 0 Å². The highest BCUT2D eigenvalue weighted by Crippen LogP contribution is 2.04. The third-order valence-corrected chi connectivity index (χ3v) is 2.66. The van der Waals surface area contributed by atoms with Gasteiger partial charge in [-0.15, -0.1) is 0 Å². The first-order valence-electron chi connectivity index (χ1n) is 6.62. The van der Waals surface area contributed by atoms with Crippen molar-refractivity contribution in [3.63, 3.8) is 0 Å². The first-order chi connectivity index (χ1) is 6.91. The van der Waals surface area contributed by atoms with Crippen molar-refractivity contribution in [3.8, 4) is 0 Å². The van der Waals surface area contributed by atoms with Crippen LogP contribution in [0.1, 0.15) is 71.6 Å². The minimum atomic E-state index is 1.23. The van der Waals surface area contributed by atoms with Crippen LogP contribution in [0.3, 0.4) is 0 Å². The van der Waals surface area contributed by atoms with Gasteiger partial charge in [0.15, 0.2) is 0 Å². The van der Waals surface area contributed by atoms with E-state index in [0.717, 1.165) is 0 Å². The van der Waals surface area contributed by atoms with Crippen molar-refractivity contribution in [3.05, 3.63) is 0 Å². The first kappa shape index (κ1) is 14.0. The molecule has 0 saturated carbocycles. The molecule has 0 aromatic carbocycles. The summed E-state index contributed by atoms with van der Waals surface area (Å²) in [7, 11) is 0. The summed E-state index contributed by atoms with van der Waals surface area (Å²) in [6, 6.07) is 0. The summed E-state index contributed by atoms with van der Waals surface area (Å²) >= 11 is 0. The van der Waals surface area contributed by atoms with Crippen LogP contribution in [0.5, 0.6) is 0 Å². The lowest BCUT2D eigenvalue weighted by Crippen LogP contribution is -2.16. The van der Waals surface area contributed by atoms with Crippen LogP contribution in [-0.4, -0.2) is 13.1 Å². The monoisotopic (exact) mass is 199 g/mol. The van der Waals surface area contributed by atoms with E-state index in [9.17, 15) is 0 Å². The van der Waals surface area contributed by atoms with Crippen LogP contribution < -0.4 is 5.32 Å². The molecule has 0 radical (unpaired) electrons. The molecule has 0 aliphatic rings. The highest BCUT2D eigenvalue weighted by molar-refractivity contribution is 4.50. The molecule has 0 aromatic rings. The molecule has 0 spiro atoms. The number of rotatable bonds is 11. The van der Waals surface area contributed by atoms with Gasteiger partial charge >= 0.3 is 0 Å². The van der Waals surface area contributed by atoms with Gasteiger partial charge in [-0.2, -0.15) is 0 Å². The third-order valence-electron chi connectivity index (χ3n) is 2.66. The molecule has 0 unspecified atom stereocenters. The summed E-state index contributed by atoms with van der Waals surface area (Å²) in [6.07, 6.45) is 12.5. The van der Waals surface area contributed by atoms with E-state index in [0.29, 0.717) is 0 Å². The minimum absolute atomic E-state index is 1.23. The average Bonchev–Trinajstić information content (AvgIpc) is 2.21. The third kappa shape index (κ3) is 12.0. The zero-order valence-corrected chi connectivity index (χ0v) is 10.3. The van der Waals surface area contributed by atoms with E-state index in [1.807, 2.05) is 0 Å². The van der Waals surface area contributed by atoms with Gasteiger partial charge in [-0.3, -0.25) is 0 Å². The molecule has 1 nitrogen and oxygen atoms in total. The molecule has 1 N–H and O–H groups in total. The van der Waals surface area contributed by atoms with Gasteiger partial charge in [0.2, 0.25) is 0 Å². The van der Waals surface area contributed by atoms with Crippen molar-refractivity contribution in [2.75, 3.05) is 13.1 Å². The number of unbranched alkanes of at least 4 members (excludes halogenated alkanes) is 7. The summed E-state index contributed by atoms with van der Waals surface area (Å²) in [5, 5.41) is 3.51. The number of hydrogen-bond acceptors (Lipinski definition) is 1. The molecule has 0 rings (SSSR count). The summed E-state index contributed by atoms with van der Waals surface area (Å²) < 4.78 is 0. The Morgan fingerprint density at radius 2 is 1.00 bits per heavy atom. The normalized spacial score (nSPS) is 10.7. The highest BCUT2D eigenvalue weighted by Gasteiger charge is 1.90. The van der Waals surface area contributed by atoms with Gasteiger partial charge in [0, 0.05) is 0 Å². The largest absolute Gasteiger partial charge is 0.317 e. The maximum Gasteiger partial charge on any atom is -0.00489 e. The Morgan fingerprint density at radius 1 is 0.571 bits per heavy atom. The van der Waals surface area contributed by atoms with Gasteiger partial charge in [0.25, 0.3) is 0 Å². The van der Waals surface area contributed by atoms with Crippen LogP contribution in [0, 0.1) is 0 Å². The molecule has 86 valence electrons. The van der Waals surface area contributed by atoms with Gasteiger partial charge in [-0.05, 0) is 25.9 Å². The second-order valence-electron chi connectivity index (χ2n) is 4.22. The minimum Gasteiger partial charge on any atom is -0.317 e. The Hall–Kier alpha value is -0.0400. The van der Waals surface area contributed by atoms with E-state index in [1.165, 1.54) is 70.9 Å². The van der Waals surface area contributed by atoms with Crippen molar-refractivity contribution >= 4 is 0 Å². The van der Waals surface area contributed by atoms with E-state index in [1.54, 1.807) is 0 Å². The maximum absolute atomic E-state index is 3.51. The smallest absolute Gasteiger partial charge is 0.00489 e. The Morgan fingerprint density at radius 3 is 1.64 bits per heavy atom. The van der Waals surface area contributed by atoms with Crippen molar-refractivity contribution in [1.82, 2.24) is 5.32 Å². The SMILES string of the molecule is CCCCCCCCNCCCCC. The quantitative estimate of drug-likeness (QED) is 0.493. The number of nitrogens with one attached hydrogen (secondary N) is 1. The van der Waals surface area contributed by atoms with Gasteiger partial charge in [0.05, 0.1) is 0 Å². The molecular weight excluding hydrogens is 170 g/mol. The van der Waals surface area contributed by atoms with Crippen molar-refractivity contribution in [2.45, 2.75) is 71.6 Å². The highest BCUT2D eigenvalue weighted by atomic mass is 14.8. The molecule has 14 heavy (non-hydrogen) atoms. The molecule has 0 aromatic heterocycles. The van der Waals surface area contributed by atoms with Crippen LogP contribution in [0.15, 0.2) is 0 Å². The Balaban J connectivity index is 2.78. The van der Waals surface area contributed by atoms with Crippen molar-refractivity contribution < 1.29 is 0 Å². The fourth-order valence-corrected chi connectivity index (χ4v) is 1.66. The van der Waals surface area contributed by atoms with E-state index in [-0.39, 0.29) is 0 Å². The van der Waals surface area contributed by atoms with Crippen molar-refractivity contribution in [2.24, 2.45) is 0 Å². The second kappa shape index (κ2) is 13.0. The van der Waals surface area contributed by atoms with Crippen LogP contribution in [0.25, 0.3) is 0 Å². The molecule has 0 atom stereocenters. The van der Waals surface area contributed by atoms with Crippen LogP contribution in [0.4, 0.5) is 0 Å². The molecule has 0 fully saturated rings. The molecule has 0 aliphatic heterocycles. The Kier molecular flexibility index (Phi) is 12.9. The summed E-state index contributed by atoms with van der Waals surface area (Å²) in [5.74, 6) is 0. The number of hydrogen-bond donors (Lipinski definition) is 1. The lowest BCUT2D eigenvalue weighted by Gasteiger charge is -2.03. The molecule has 0 saturated heterocycles. The van der Waals surface area contributed by atoms with Gasteiger partial charge in [-0.1, -0.05) is 58.8 Å².